The molecule has 0 aliphatic carbocycles. The number of alkyl halides is 3. The summed E-state index contributed by atoms with van der Waals surface area (Å²) < 4.78 is 37.4. The van der Waals surface area contributed by atoms with E-state index in [0.29, 0.717) is 19.5 Å². The molecule has 0 bridgehead atoms. The van der Waals surface area contributed by atoms with Gasteiger partial charge in [-0.3, -0.25) is 9.69 Å². The number of hydrogen-bond donors (Lipinski definition) is 1. The van der Waals surface area contributed by atoms with Gasteiger partial charge in [0.2, 0.25) is 5.91 Å². The Morgan fingerprint density at radius 2 is 1.95 bits per heavy atom. The number of nitrogens with zero attached hydrogens (tertiary/aromatic N) is 2. The zero-order valence-electron chi connectivity index (χ0n) is 11.4. The highest BCUT2D eigenvalue weighted by Crippen LogP contribution is 2.30. The molecule has 0 spiro atoms. The number of halogens is 3. The average molecular weight is 291 g/mol. The van der Waals surface area contributed by atoms with E-state index in [9.17, 15) is 18.0 Å². The lowest BCUT2D eigenvalue weighted by molar-refractivity contribution is -0.132. The molecule has 20 heavy (non-hydrogen) atoms. The Labute approximate surface area is 116 Å². The molecule has 2 aliphatic rings. The minimum absolute atomic E-state index is 0.0192. The molecule has 0 aromatic carbocycles. The molecular formula is C13H20F3N3O. The number of piperazine rings is 1. The Balaban J connectivity index is 1.73. The highest BCUT2D eigenvalue weighted by atomic mass is 19.4. The number of carbonyl (C=O) groups is 1. The molecule has 1 N–H and O–H groups in total. The predicted octanol–water partition coefficient (Wildman–Crippen LogP) is 1.00. The summed E-state index contributed by atoms with van der Waals surface area (Å²) in [6, 6.07) is 0. The van der Waals surface area contributed by atoms with Crippen molar-refractivity contribution >= 4 is 5.91 Å². The van der Waals surface area contributed by atoms with Crippen LogP contribution in [0.15, 0.2) is 11.6 Å². The third-order valence-corrected chi connectivity index (χ3v) is 3.77. The minimum atomic E-state index is -4.21. The molecule has 0 radical (unpaired) electrons. The fourth-order valence-corrected chi connectivity index (χ4v) is 2.50. The van der Waals surface area contributed by atoms with Gasteiger partial charge < -0.3 is 10.2 Å². The molecule has 0 aromatic rings. The maximum Gasteiger partial charge on any atom is 0.412 e. The average Bonchev–Trinajstić information content (AvgIpc) is 2.45. The smallest absolute Gasteiger partial charge is 0.340 e. The van der Waals surface area contributed by atoms with Gasteiger partial charge in [0.1, 0.15) is 0 Å². The van der Waals surface area contributed by atoms with Gasteiger partial charge in [-0.15, -0.1) is 0 Å². The van der Waals surface area contributed by atoms with Crippen LogP contribution in [0.5, 0.6) is 0 Å². The van der Waals surface area contributed by atoms with Gasteiger partial charge in [-0.25, -0.2) is 0 Å². The number of nitrogens with one attached hydrogen (secondary N) is 1. The van der Waals surface area contributed by atoms with Crippen molar-refractivity contribution in [1.29, 1.82) is 0 Å². The second-order valence-electron chi connectivity index (χ2n) is 5.16. The standard InChI is InChI=1S/C13H20F3N3O/c14-13(15,16)11-1-6-18(7-2-11)8-3-12(20)19-9-4-17-5-10-19/h1,17H,2-10H2. The minimum Gasteiger partial charge on any atom is -0.340 e. The number of hydrogen-bond acceptors (Lipinski definition) is 3. The van der Waals surface area contributed by atoms with Crippen molar-refractivity contribution in [2.45, 2.75) is 19.0 Å². The van der Waals surface area contributed by atoms with Crippen molar-refractivity contribution < 1.29 is 18.0 Å². The van der Waals surface area contributed by atoms with E-state index in [0.717, 1.165) is 26.2 Å². The van der Waals surface area contributed by atoms with E-state index in [1.165, 1.54) is 6.08 Å². The second-order valence-corrected chi connectivity index (χ2v) is 5.16. The molecule has 1 fully saturated rings. The van der Waals surface area contributed by atoms with Gasteiger partial charge >= 0.3 is 6.18 Å². The van der Waals surface area contributed by atoms with Crippen molar-refractivity contribution in [2.24, 2.45) is 0 Å². The summed E-state index contributed by atoms with van der Waals surface area (Å²) in [6.45, 7) is 4.25. The first-order valence-corrected chi connectivity index (χ1v) is 6.94. The van der Waals surface area contributed by atoms with Gasteiger partial charge in [0.15, 0.2) is 0 Å². The molecule has 1 amide bonds. The molecule has 0 atom stereocenters. The number of rotatable bonds is 3. The summed E-state index contributed by atoms with van der Waals surface area (Å²) in [6.07, 6.45) is -2.57. The molecule has 114 valence electrons. The third kappa shape index (κ3) is 4.21. The molecule has 1 saturated heterocycles. The Hall–Kier alpha value is -1.08. The van der Waals surface area contributed by atoms with Crippen LogP contribution in [0.2, 0.25) is 0 Å². The van der Waals surface area contributed by atoms with E-state index >= 15 is 0 Å². The molecule has 4 nitrogen and oxygen atoms in total. The Morgan fingerprint density at radius 3 is 2.50 bits per heavy atom. The van der Waals surface area contributed by atoms with Crippen LogP contribution in [0.1, 0.15) is 12.8 Å². The first-order valence-electron chi connectivity index (χ1n) is 6.94. The summed E-state index contributed by atoms with van der Waals surface area (Å²) in [7, 11) is 0. The van der Waals surface area contributed by atoms with Crippen LogP contribution < -0.4 is 5.32 Å². The summed E-state index contributed by atoms with van der Waals surface area (Å²) in [4.78, 5) is 15.7. The number of carbonyl (C=O) groups excluding carboxylic acids is 1. The van der Waals surface area contributed by atoms with E-state index in [2.05, 4.69) is 5.32 Å². The normalized spacial score (nSPS) is 21.8. The SMILES string of the molecule is O=C(CCN1CC=C(C(F)(F)F)CC1)N1CCNCC1. The van der Waals surface area contributed by atoms with Crippen molar-refractivity contribution in [3.63, 3.8) is 0 Å². The molecule has 2 aliphatic heterocycles. The zero-order chi connectivity index (χ0) is 14.6. The first-order chi connectivity index (χ1) is 9.47. The van der Waals surface area contributed by atoms with Crippen molar-refractivity contribution in [3.8, 4) is 0 Å². The van der Waals surface area contributed by atoms with Crippen LogP contribution in [0.4, 0.5) is 13.2 Å². The van der Waals surface area contributed by atoms with Gasteiger partial charge in [0.05, 0.1) is 0 Å². The fourth-order valence-electron chi connectivity index (χ4n) is 2.50. The largest absolute Gasteiger partial charge is 0.412 e. The molecule has 2 heterocycles. The monoisotopic (exact) mass is 291 g/mol. The van der Waals surface area contributed by atoms with Crippen LogP contribution in [0.25, 0.3) is 0 Å². The highest BCUT2D eigenvalue weighted by molar-refractivity contribution is 5.76. The van der Waals surface area contributed by atoms with E-state index in [1.54, 1.807) is 0 Å². The van der Waals surface area contributed by atoms with Crippen molar-refractivity contribution in [2.75, 3.05) is 45.8 Å². The van der Waals surface area contributed by atoms with Gasteiger partial charge in [0.25, 0.3) is 0 Å². The summed E-state index contributed by atoms with van der Waals surface area (Å²) in [5.74, 6) is 0.0945. The lowest BCUT2D eigenvalue weighted by Gasteiger charge is -2.30. The van der Waals surface area contributed by atoms with E-state index < -0.39 is 11.7 Å². The Morgan fingerprint density at radius 1 is 1.25 bits per heavy atom. The maximum absolute atomic E-state index is 12.5. The Kier molecular flexibility index (Phi) is 5.04. The molecule has 0 saturated carbocycles. The van der Waals surface area contributed by atoms with Crippen molar-refractivity contribution in [1.82, 2.24) is 15.1 Å². The van der Waals surface area contributed by atoms with E-state index in [1.807, 2.05) is 9.80 Å². The summed E-state index contributed by atoms with van der Waals surface area (Å²) >= 11 is 0. The summed E-state index contributed by atoms with van der Waals surface area (Å²) in [5.41, 5.74) is -0.442. The molecule has 7 heteroatoms. The second kappa shape index (κ2) is 6.58. The zero-order valence-corrected chi connectivity index (χ0v) is 11.4. The van der Waals surface area contributed by atoms with Gasteiger partial charge in [0, 0.05) is 57.8 Å². The molecule has 0 unspecified atom stereocenters. The molecular weight excluding hydrogens is 271 g/mol. The van der Waals surface area contributed by atoms with Crippen LogP contribution in [0, 0.1) is 0 Å². The lowest BCUT2D eigenvalue weighted by Crippen LogP contribution is -2.47. The van der Waals surface area contributed by atoms with Gasteiger partial charge in [-0.1, -0.05) is 6.08 Å². The van der Waals surface area contributed by atoms with E-state index in [4.69, 9.17) is 0 Å². The predicted molar refractivity (Wildman–Crippen MR) is 69.3 cm³/mol. The maximum atomic E-state index is 12.5. The fraction of sp³-hybridized carbons (Fsp3) is 0.769. The third-order valence-electron chi connectivity index (χ3n) is 3.77. The lowest BCUT2D eigenvalue weighted by atomic mass is 10.1. The van der Waals surface area contributed by atoms with E-state index in [-0.39, 0.29) is 18.9 Å². The molecule has 2 rings (SSSR count). The summed E-state index contributed by atoms with van der Waals surface area (Å²) in [5, 5.41) is 3.18. The van der Waals surface area contributed by atoms with Crippen LogP contribution in [-0.4, -0.2) is 67.7 Å². The van der Waals surface area contributed by atoms with Gasteiger partial charge in [-0.2, -0.15) is 13.2 Å². The molecule has 0 aromatic heterocycles. The van der Waals surface area contributed by atoms with Crippen molar-refractivity contribution in [3.05, 3.63) is 11.6 Å². The first kappa shape index (κ1) is 15.3. The van der Waals surface area contributed by atoms with Crippen LogP contribution in [0.3, 0.4) is 0 Å². The topological polar surface area (TPSA) is 35.6 Å². The quantitative estimate of drug-likeness (QED) is 0.788. The van der Waals surface area contributed by atoms with Gasteiger partial charge in [-0.05, 0) is 6.42 Å². The highest BCUT2D eigenvalue weighted by Gasteiger charge is 2.34. The number of amides is 1. The Bertz CT molecular complexity index is 376. The van der Waals surface area contributed by atoms with Crippen LogP contribution >= 0.6 is 0 Å². The van der Waals surface area contributed by atoms with Crippen LogP contribution in [-0.2, 0) is 4.79 Å².